The molecule has 0 bridgehead atoms. The highest BCUT2D eigenvalue weighted by Crippen LogP contribution is 2.30. The second-order valence-electron chi connectivity index (χ2n) is 6.07. The third-order valence-electron chi connectivity index (χ3n) is 3.97. The molecule has 1 aliphatic rings. The first-order valence-corrected chi connectivity index (χ1v) is 7.57. The van der Waals surface area contributed by atoms with Gasteiger partial charge in [0.25, 0.3) is 0 Å². The average Bonchev–Trinajstić information content (AvgIpc) is 2.98. The Balaban J connectivity index is 2.24. The maximum absolute atomic E-state index is 14.0. The summed E-state index contributed by atoms with van der Waals surface area (Å²) in [5.41, 5.74) is -0.929. The Kier molecular flexibility index (Phi) is 5.29. The first kappa shape index (κ1) is 17.7. The van der Waals surface area contributed by atoms with Crippen molar-refractivity contribution in [2.24, 2.45) is 5.92 Å². The molecule has 128 valence electrons. The van der Waals surface area contributed by atoms with E-state index in [-0.39, 0.29) is 30.0 Å². The Bertz CT molecular complexity index is 566. The second kappa shape index (κ2) is 6.86. The zero-order chi connectivity index (χ0) is 17.2. The fraction of sp³-hybridized carbons (Fsp3) is 0.562. The van der Waals surface area contributed by atoms with Gasteiger partial charge in [0.1, 0.15) is 5.82 Å². The molecule has 0 saturated carbocycles. The van der Waals surface area contributed by atoms with E-state index in [4.69, 9.17) is 0 Å². The van der Waals surface area contributed by atoms with Crippen LogP contribution in [-0.4, -0.2) is 29.9 Å². The molecule has 0 radical (unpaired) electrons. The van der Waals surface area contributed by atoms with E-state index < -0.39 is 17.6 Å². The van der Waals surface area contributed by atoms with Gasteiger partial charge in [-0.1, -0.05) is 19.9 Å². The lowest BCUT2D eigenvalue weighted by molar-refractivity contribution is -0.138. The molecule has 0 spiro atoms. The number of hydrogen-bond donors (Lipinski definition) is 1. The number of benzene rings is 1. The van der Waals surface area contributed by atoms with Crippen molar-refractivity contribution in [3.8, 4) is 0 Å². The molecule has 0 aliphatic carbocycles. The van der Waals surface area contributed by atoms with Gasteiger partial charge in [0, 0.05) is 30.6 Å². The van der Waals surface area contributed by atoms with Crippen LogP contribution in [0.2, 0.25) is 0 Å². The summed E-state index contributed by atoms with van der Waals surface area (Å²) >= 11 is 0. The molecule has 0 aromatic heterocycles. The Labute approximate surface area is 132 Å². The van der Waals surface area contributed by atoms with E-state index in [1.807, 2.05) is 0 Å². The topological polar surface area (TPSA) is 32.3 Å². The smallest absolute Gasteiger partial charge is 0.334 e. The van der Waals surface area contributed by atoms with Crippen molar-refractivity contribution in [2.75, 3.05) is 13.1 Å². The summed E-state index contributed by atoms with van der Waals surface area (Å²) < 4.78 is 51.8. The quantitative estimate of drug-likeness (QED) is 0.859. The predicted octanol–water partition coefficient (Wildman–Crippen LogP) is 3.19. The van der Waals surface area contributed by atoms with Crippen LogP contribution in [0.25, 0.3) is 0 Å². The SMILES string of the molecule is CC(C)C(=O)N(Cc1ccc(C(F)(F)F)cc1F)[C@H]1CCNC1. The number of rotatable bonds is 4. The monoisotopic (exact) mass is 332 g/mol. The van der Waals surface area contributed by atoms with E-state index in [0.717, 1.165) is 25.1 Å². The molecule has 23 heavy (non-hydrogen) atoms. The van der Waals surface area contributed by atoms with Crippen molar-refractivity contribution >= 4 is 5.91 Å². The number of halogens is 4. The Hall–Kier alpha value is -1.63. The summed E-state index contributed by atoms with van der Waals surface area (Å²) in [6, 6.07) is 2.39. The largest absolute Gasteiger partial charge is 0.416 e. The van der Waals surface area contributed by atoms with Crippen molar-refractivity contribution in [1.82, 2.24) is 10.2 Å². The van der Waals surface area contributed by atoms with Crippen LogP contribution in [0.1, 0.15) is 31.4 Å². The van der Waals surface area contributed by atoms with Gasteiger partial charge in [-0.3, -0.25) is 4.79 Å². The van der Waals surface area contributed by atoms with Crippen LogP contribution in [0, 0.1) is 11.7 Å². The number of nitrogens with zero attached hydrogens (tertiary/aromatic N) is 1. The normalized spacial score (nSPS) is 18.5. The van der Waals surface area contributed by atoms with Gasteiger partial charge in [-0.05, 0) is 25.1 Å². The summed E-state index contributed by atoms with van der Waals surface area (Å²) in [4.78, 5) is 13.9. The highest BCUT2D eigenvalue weighted by Gasteiger charge is 2.32. The molecule has 1 N–H and O–H groups in total. The molecule has 1 amide bonds. The molecule has 1 atom stereocenters. The standard InChI is InChI=1S/C16H20F4N2O/c1-10(2)15(23)22(13-5-6-21-8-13)9-11-3-4-12(7-14(11)17)16(18,19)20/h3-4,7,10,13,21H,5-6,8-9H2,1-2H3/t13-/m0/s1. The molecular weight excluding hydrogens is 312 g/mol. The number of amides is 1. The molecular formula is C16H20F4N2O. The van der Waals surface area contributed by atoms with Crippen LogP contribution in [-0.2, 0) is 17.5 Å². The van der Waals surface area contributed by atoms with E-state index in [9.17, 15) is 22.4 Å². The van der Waals surface area contributed by atoms with Crippen LogP contribution < -0.4 is 5.32 Å². The van der Waals surface area contributed by atoms with Crippen LogP contribution in [0.3, 0.4) is 0 Å². The molecule has 3 nitrogen and oxygen atoms in total. The maximum Gasteiger partial charge on any atom is 0.416 e. The minimum atomic E-state index is -4.58. The van der Waals surface area contributed by atoms with Crippen molar-refractivity contribution in [1.29, 1.82) is 0 Å². The molecule has 7 heteroatoms. The summed E-state index contributed by atoms with van der Waals surface area (Å²) in [6.07, 6.45) is -3.83. The Morgan fingerprint density at radius 2 is 2.09 bits per heavy atom. The number of carbonyl (C=O) groups is 1. The average molecular weight is 332 g/mol. The van der Waals surface area contributed by atoms with Crippen LogP contribution >= 0.6 is 0 Å². The van der Waals surface area contributed by atoms with Crippen LogP contribution in [0.15, 0.2) is 18.2 Å². The fourth-order valence-electron chi connectivity index (χ4n) is 2.66. The molecule has 2 rings (SSSR count). The molecule has 0 unspecified atom stereocenters. The van der Waals surface area contributed by atoms with Gasteiger partial charge in [-0.25, -0.2) is 4.39 Å². The van der Waals surface area contributed by atoms with Crippen molar-refractivity contribution in [3.63, 3.8) is 0 Å². The lowest BCUT2D eigenvalue weighted by atomic mass is 10.1. The number of carbonyl (C=O) groups excluding carboxylic acids is 1. The van der Waals surface area contributed by atoms with Crippen LogP contribution in [0.4, 0.5) is 17.6 Å². The zero-order valence-corrected chi connectivity index (χ0v) is 13.1. The zero-order valence-electron chi connectivity index (χ0n) is 13.1. The van der Waals surface area contributed by atoms with E-state index in [1.54, 1.807) is 18.7 Å². The van der Waals surface area contributed by atoms with Gasteiger partial charge >= 0.3 is 6.18 Å². The summed E-state index contributed by atoms with van der Waals surface area (Å²) in [5, 5.41) is 3.14. The predicted molar refractivity (Wildman–Crippen MR) is 78.1 cm³/mol. The van der Waals surface area contributed by atoms with Crippen molar-refractivity contribution in [3.05, 3.63) is 35.1 Å². The highest BCUT2D eigenvalue weighted by molar-refractivity contribution is 5.78. The van der Waals surface area contributed by atoms with Gasteiger partial charge in [0.2, 0.25) is 5.91 Å². The highest BCUT2D eigenvalue weighted by atomic mass is 19.4. The molecule has 1 fully saturated rings. The lowest BCUT2D eigenvalue weighted by Crippen LogP contribution is -2.43. The third kappa shape index (κ3) is 4.22. The number of alkyl halides is 3. The first-order chi connectivity index (χ1) is 10.7. The summed E-state index contributed by atoms with van der Waals surface area (Å²) in [7, 11) is 0. The first-order valence-electron chi connectivity index (χ1n) is 7.57. The van der Waals surface area contributed by atoms with E-state index in [1.165, 1.54) is 0 Å². The van der Waals surface area contributed by atoms with Gasteiger partial charge in [-0.15, -0.1) is 0 Å². The van der Waals surface area contributed by atoms with Gasteiger partial charge in [0.15, 0.2) is 0 Å². The molecule has 1 saturated heterocycles. The summed E-state index contributed by atoms with van der Waals surface area (Å²) in [5.74, 6) is -1.32. The Morgan fingerprint density at radius 3 is 2.57 bits per heavy atom. The Morgan fingerprint density at radius 1 is 1.39 bits per heavy atom. The van der Waals surface area contributed by atoms with Gasteiger partial charge < -0.3 is 10.2 Å². The lowest BCUT2D eigenvalue weighted by Gasteiger charge is -2.30. The van der Waals surface area contributed by atoms with Gasteiger partial charge in [0.05, 0.1) is 5.56 Å². The second-order valence-corrected chi connectivity index (χ2v) is 6.07. The number of nitrogens with one attached hydrogen (secondary N) is 1. The third-order valence-corrected chi connectivity index (χ3v) is 3.97. The minimum absolute atomic E-state index is 0.0205. The molecule has 1 aromatic carbocycles. The number of hydrogen-bond acceptors (Lipinski definition) is 2. The minimum Gasteiger partial charge on any atom is -0.334 e. The molecule has 1 heterocycles. The van der Waals surface area contributed by atoms with E-state index in [2.05, 4.69) is 5.32 Å². The molecule has 1 aromatic rings. The van der Waals surface area contributed by atoms with Crippen molar-refractivity contribution < 1.29 is 22.4 Å². The maximum atomic E-state index is 14.0. The van der Waals surface area contributed by atoms with E-state index in [0.29, 0.717) is 12.6 Å². The van der Waals surface area contributed by atoms with Crippen LogP contribution in [0.5, 0.6) is 0 Å². The van der Waals surface area contributed by atoms with E-state index >= 15 is 0 Å². The summed E-state index contributed by atoms with van der Waals surface area (Å²) in [6.45, 7) is 4.86. The molecule has 1 aliphatic heterocycles. The fourth-order valence-corrected chi connectivity index (χ4v) is 2.66. The van der Waals surface area contributed by atoms with Crippen molar-refractivity contribution in [2.45, 2.75) is 39.0 Å². The van der Waals surface area contributed by atoms with Gasteiger partial charge in [-0.2, -0.15) is 13.2 Å².